The van der Waals surface area contributed by atoms with Crippen LogP contribution >= 0.6 is 0 Å². The van der Waals surface area contributed by atoms with E-state index in [1.165, 1.54) is 0 Å². The highest BCUT2D eigenvalue weighted by Crippen LogP contribution is 2.14. The molecule has 1 aromatic rings. The number of sulfonamides is 1. The molecule has 0 unspecified atom stereocenters. The van der Waals surface area contributed by atoms with Crippen LogP contribution in [0.3, 0.4) is 0 Å². The minimum absolute atomic E-state index is 0.117. The Morgan fingerprint density at radius 3 is 2.24 bits per heavy atom. The fourth-order valence-electron chi connectivity index (χ4n) is 1.67. The first kappa shape index (κ1) is 14.1. The summed E-state index contributed by atoms with van der Waals surface area (Å²) in [7, 11) is -3.21. The smallest absolute Gasteiger partial charge is 0.211 e. The van der Waals surface area contributed by atoms with E-state index < -0.39 is 10.0 Å². The van der Waals surface area contributed by atoms with Gasteiger partial charge < -0.3 is 0 Å². The van der Waals surface area contributed by atoms with Gasteiger partial charge in [-0.25, -0.2) is 17.5 Å². The van der Waals surface area contributed by atoms with E-state index in [9.17, 15) is 12.8 Å². The average Bonchev–Trinajstić information content (AvgIpc) is 2.23. The molecule has 0 atom stereocenters. The van der Waals surface area contributed by atoms with Crippen molar-refractivity contribution in [2.75, 3.05) is 5.75 Å². The zero-order valence-electron chi connectivity index (χ0n) is 10.4. The third kappa shape index (κ3) is 4.09. The molecule has 0 amide bonds. The van der Waals surface area contributed by atoms with Crippen LogP contribution in [0.1, 0.15) is 30.0 Å². The quantitative estimate of drug-likeness (QED) is 0.881. The summed E-state index contributed by atoms with van der Waals surface area (Å²) in [5, 5.41) is 0. The molecule has 0 saturated heterocycles. The Labute approximate surface area is 102 Å². The summed E-state index contributed by atoms with van der Waals surface area (Å²) in [5.74, 6) is -0.114. The maximum Gasteiger partial charge on any atom is 0.211 e. The van der Waals surface area contributed by atoms with Crippen LogP contribution in [0.5, 0.6) is 0 Å². The predicted octanol–water partition coefficient (Wildman–Crippen LogP) is 2.27. The van der Waals surface area contributed by atoms with E-state index in [2.05, 4.69) is 4.72 Å². The van der Waals surface area contributed by atoms with Crippen LogP contribution in [0, 0.1) is 19.7 Å². The molecule has 1 rings (SSSR count). The molecular formula is C12H18FNO2S. The highest BCUT2D eigenvalue weighted by atomic mass is 32.2. The Hall–Kier alpha value is -0.940. The van der Waals surface area contributed by atoms with Crippen molar-refractivity contribution in [3.8, 4) is 0 Å². The standard InChI is InChI=1S/C12H18FNO2S/c1-4-5-17(15,16)14-8-11-6-9(2)12(13)10(3)7-11/h6-7,14H,4-5,8H2,1-3H3. The van der Waals surface area contributed by atoms with E-state index >= 15 is 0 Å². The van der Waals surface area contributed by atoms with Gasteiger partial charge >= 0.3 is 0 Å². The normalized spacial score (nSPS) is 11.8. The Morgan fingerprint density at radius 2 is 1.76 bits per heavy atom. The van der Waals surface area contributed by atoms with Crippen LogP contribution in [0.2, 0.25) is 0 Å². The molecule has 0 bridgehead atoms. The van der Waals surface area contributed by atoms with Crippen molar-refractivity contribution in [1.82, 2.24) is 4.72 Å². The topological polar surface area (TPSA) is 46.2 Å². The fraction of sp³-hybridized carbons (Fsp3) is 0.500. The third-order valence-electron chi connectivity index (χ3n) is 2.47. The summed E-state index contributed by atoms with van der Waals surface area (Å²) < 4.78 is 38.8. The summed E-state index contributed by atoms with van der Waals surface area (Å²) in [6.07, 6.45) is 0.580. The number of aryl methyl sites for hydroxylation is 2. The molecule has 0 aliphatic rings. The van der Waals surface area contributed by atoms with Gasteiger partial charge in [0, 0.05) is 6.54 Å². The van der Waals surface area contributed by atoms with Gasteiger partial charge in [-0.2, -0.15) is 0 Å². The zero-order chi connectivity index (χ0) is 13.1. The van der Waals surface area contributed by atoms with E-state index in [4.69, 9.17) is 0 Å². The van der Waals surface area contributed by atoms with Gasteiger partial charge in [0.1, 0.15) is 5.82 Å². The van der Waals surface area contributed by atoms with E-state index in [0.717, 1.165) is 5.56 Å². The number of halogens is 1. The molecule has 96 valence electrons. The monoisotopic (exact) mass is 259 g/mol. The lowest BCUT2D eigenvalue weighted by molar-refractivity contribution is 0.579. The largest absolute Gasteiger partial charge is 0.212 e. The van der Waals surface area contributed by atoms with Crippen molar-refractivity contribution in [1.29, 1.82) is 0 Å². The van der Waals surface area contributed by atoms with E-state index in [1.807, 2.05) is 6.92 Å². The van der Waals surface area contributed by atoms with Crippen LogP contribution in [0.4, 0.5) is 4.39 Å². The van der Waals surface area contributed by atoms with Gasteiger partial charge in [0.15, 0.2) is 0 Å². The van der Waals surface area contributed by atoms with Gasteiger partial charge in [-0.3, -0.25) is 0 Å². The molecule has 1 aromatic carbocycles. The second kappa shape index (κ2) is 5.60. The Balaban J connectivity index is 2.77. The maximum absolute atomic E-state index is 13.4. The van der Waals surface area contributed by atoms with E-state index in [1.54, 1.807) is 26.0 Å². The molecule has 3 nitrogen and oxygen atoms in total. The number of benzene rings is 1. The summed E-state index contributed by atoms with van der Waals surface area (Å²) in [4.78, 5) is 0. The van der Waals surface area contributed by atoms with Crippen molar-refractivity contribution in [3.05, 3.63) is 34.6 Å². The maximum atomic E-state index is 13.4. The number of nitrogens with one attached hydrogen (secondary N) is 1. The molecule has 0 spiro atoms. The third-order valence-corrected chi connectivity index (χ3v) is 4.00. The minimum atomic E-state index is -3.21. The second-order valence-electron chi connectivity index (χ2n) is 4.18. The van der Waals surface area contributed by atoms with Crippen molar-refractivity contribution in [2.24, 2.45) is 0 Å². The molecule has 0 aliphatic carbocycles. The number of rotatable bonds is 5. The van der Waals surface area contributed by atoms with Gasteiger partial charge in [0.2, 0.25) is 10.0 Å². The first-order valence-corrected chi connectivity index (χ1v) is 7.24. The van der Waals surface area contributed by atoms with Crippen LogP contribution < -0.4 is 4.72 Å². The SMILES string of the molecule is CCCS(=O)(=O)NCc1cc(C)c(F)c(C)c1. The highest BCUT2D eigenvalue weighted by Gasteiger charge is 2.09. The van der Waals surface area contributed by atoms with Gasteiger partial charge in [-0.1, -0.05) is 19.1 Å². The summed E-state index contributed by atoms with van der Waals surface area (Å²) >= 11 is 0. The van der Waals surface area contributed by atoms with Gasteiger partial charge in [0.25, 0.3) is 0 Å². The first-order chi connectivity index (χ1) is 7.85. The van der Waals surface area contributed by atoms with Crippen molar-refractivity contribution >= 4 is 10.0 Å². The second-order valence-corrected chi connectivity index (χ2v) is 6.11. The Kier molecular flexibility index (Phi) is 4.65. The molecule has 17 heavy (non-hydrogen) atoms. The molecule has 0 radical (unpaired) electrons. The van der Waals surface area contributed by atoms with Gasteiger partial charge in [-0.15, -0.1) is 0 Å². The molecule has 0 aromatic heterocycles. The molecule has 0 heterocycles. The van der Waals surface area contributed by atoms with Crippen molar-refractivity contribution < 1.29 is 12.8 Å². The molecule has 0 fully saturated rings. The molecular weight excluding hydrogens is 241 g/mol. The van der Waals surface area contributed by atoms with E-state index in [-0.39, 0.29) is 18.1 Å². The van der Waals surface area contributed by atoms with Crippen LogP contribution in [-0.2, 0) is 16.6 Å². The minimum Gasteiger partial charge on any atom is -0.212 e. The lowest BCUT2D eigenvalue weighted by Crippen LogP contribution is -2.25. The van der Waals surface area contributed by atoms with Gasteiger partial charge in [0.05, 0.1) is 5.75 Å². The van der Waals surface area contributed by atoms with Gasteiger partial charge in [-0.05, 0) is 37.0 Å². The molecule has 5 heteroatoms. The summed E-state index contributed by atoms with van der Waals surface area (Å²) in [6.45, 7) is 5.37. The molecule has 0 aliphatic heterocycles. The lowest BCUT2D eigenvalue weighted by Gasteiger charge is -2.08. The lowest BCUT2D eigenvalue weighted by atomic mass is 10.1. The summed E-state index contributed by atoms with van der Waals surface area (Å²) in [5.41, 5.74) is 1.85. The Morgan fingerprint density at radius 1 is 1.24 bits per heavy atom. The number of hydrogen-bond donors (Lipinski definition) is 1. The Bertz CT molecular complexity index is 474. The number of hydrogen-bond acceptors (Lipinski definition) is 2. The fourth-order valence-corrected chi connectivity index (χ4v) is 2.74. The summed E-state index contributed by atoms with van der Waals surface area (Å²) in [6, 6.07) is 3.33. The van der Waals surface area contributed by atoms with Crippen LogP contribution in [0.25, 0.3) is 0 Å². The molecule has 1 N–H and O–H groups in total. The van der Waals surface area contributed by atoms with E-state index in [0.29, 0.717) is 17.5 Å². The van der Waals surface area contributed by atoms with Crippen molar-refractivity contribution in [3.63, 3.8) is 0 Å². The highest BCUT2D eigenvalue weighted by molar-refractivity contribution is 7.89. The molecule has 0 saturated carbocycles. The zero-order valence-corrected chi connectivity index (χ0v) is 11.2. The van der Waals surface area contributed by atoms with Crippen LogP contribution in [0.15, 0.2) is 12.1 Å². The first-order valence-electron chi connectivity index (χ1n) is 5.58. The van der Waals surface area contributed by atoms with Crippen molar-refractivity contribution in [2.45, 2.75) is 33.7 Å². The predicted molar refractivity (Wildman–Crippen MR) is 66.8 cm³/mol. The average molecular weight is 259 g/mol. The van der Waals surface area contributed by atoms with Crippen LogP contribution in [-0.4, -0.2) is 14.2 Å².